The van der Waals surface area contributed by atoms with Crippen LogP contribution in [-0.4, -0.2) is 29.1 Å². The van der Waals surface area contributed by atoms with Gasteiger partial charge < -0.3 is 5.11 Å². The summed E-state index contributed by atoms with van der Waals surface area (Å²) in [7, 11) is 0. The molecule has 3 nitrogen and oxygen atoms in total. The minimum atomic E-state index is -0.756. The Bertz CT molecular complexity index is 438. The highest BCUT2D eigenvalue weighted by atomic mass is 32.1. The minimum Gasteiger partial charge on any atom is -0.480 e. The number of carboxylic acid groups (broad SMARTS) is 1. The van der Waals surface area contributed by atoms with Gasteiger partial charge in [0.05, 0.1) is 0 Å². The number of carboxylic acids is 1. The molecule has 1 N–H and O–H groups in total. The topological polar surface area (TPSA) is 40.5 Å². The van der Waals surface area contributed by atoms with Crippen molar-refractivity contribution < 1.29 is 9.90 Å². The molecule has 2 heterocycles. The molecule has 1 atom stereocenters. The number of carbonyl (C=O) groups is 1. The fourth-order valence-electron chi connectivity index (χ4n) is 2.23. The first-order chi connectivity index (χ1) is 8.13. The van der Waals surface area contributed by atoms with Crippen molar-refractivity contribution in [3.8, 4) is 0 Å². The lowest BCUT2D eigenvalue weighted by molar-refractivity contribution is -0.143. The standard InChI is InChI=1S/C13H17NO2S/c1-3-9(2)8-14-6-4-11-10(5-7-17-11)12(14)13(15)16/h5,7,12H,2-4,6,8H2,1H3,(H,15,16). The molecule has 17 heavy (non-hydrogen) atoms. The molecule has 2 rings (SSSR count). The first-order valence-electron chi connectivity index (χ1n) is 5.83. The van der Waals surface area contributed by atoms with Crippen LogP contribution in [0.1, 0.15) is 29.8 Å². The van der Waals surface area contributed by atoms with E-state index in [0.29, 0.717) is 6.54 Å². The van der Waals surface area contributed by atoms with Crippen LogP contribution in [-0.2, 0) is 11.2 Å². The summed E-state index contributed by atoms with van der Waals surface area (Å²) in [5.74, 6) is -0.756. The van der Waals surface area contributed by atoms with E-state index in [1.807, 2.05) is 16.3 Å². The van der Waals surface area contributed by atoms with Gasteiger partial charge in [-0.2, -0.15) is 0 Å². The average Bonchev–Trinajstić information content (AvgIpc) is 2.75. The van der Waals surface area contributed by atoms with Gasteiger partial charge in [0, 0.05) is 18.0 Å². The second-order valence-electron chi connectivity index (χ2n) is 4.36. The number of rotatable bonds is 4. The van der Waals surface area contributed by atoms with E-state index in [1.54, 1.807) is 11.3 Å². The third kappa shape index (κ3) is 2.42. The number of thiophene rings is 1. The van der Waals surface area contributed by atoms with Crippen LogP contribution in [0.5, 0.6) is 0 Å². The van der Waals surface area contributed by atoms with E-state index < -0.39 is 12.0 Å². The lowest BCUT2D eigenvalue weighted by Gasteiger charge is -2.33. The quantitative estimate of drug-likeness (QED) is 0.836. The fourth-order valence-corrected chi connectivity index (χ4v) is 3.13. The molecule has 1 aromatic heterocycles. The maximum Gasteiger partial charge on any atom is 0.325 e. The summed E-state index contributed by atoms with van der Waals surface area (Å²) in [4.78, 5) is 14.7. The van der Waals surface area contributed by atoms with Gasteiger partial charge in [-0.05, 0) is 29.9 Å². The highest BCUT2D eigenvalue weighted by Crippen LogP contribution is 2.33. The van der Waals surface area contributed by atoms with Crippen molar-refractivity contribution in [2.24, 2.45) is 0 Å². The first kappa shape index (κ1) is 12.3. The van der Waals surface area contributed by atoms with E-state index in [9.17, 15) is 9.90 Å². The Labute approximate surface area is 105 Å². The van der Waals surface area contributed by atoms with Crippen LogP contribution in [0.4, 0.5) is 0 Å². The van der Waals surface area contributed by atoms with Crippen LogP contribution in [0.3, 0.4) is 0 Å². The highest BCUT2D eigenvalue weighted by molar-refractivity contribution is 7.10. The maximum atomic E-state index is 11.4. The van der Waals surface area contributed by atoms with Gasteiger partial charge in [-0.15, -0.1) is 11.3 Å². The summed E-state index contributed by atoms with van der Waals surface area (Å²) in [6.45, 7) is 7.52. The molecule has 0 aliphatic carbocycles. The van der Waals surface area contributed by atoms with Crippen molar-refractivity contribution >= 4 is 17.3 Å². The summed E-state index contributed by atoms with van der Waals surface area (Å²) in [5.41, 5.74) is 2.06. The van der Waals surface area contributed by atoms with Gasteiger partial charge in [0.15, 0.2) is 0 Å². The second-order valence-corrected chi connectivity index (χ2v) is 5.36. The fraction of sp³-hybridized carbons (Fsp3) is 0.462. The molecule has 4 heteroatoms. The molecule has 0 spiro atoms. The molecule has 1 aliphatic heterocycles. The summed E-state index contributed by atoms with van der Waals surface area (Å²) in [6.07, 6.45) is 1.85. The van der Waals surface area contributed by atoms with Crippen LogP contribution in [0.25, 0.3) is 0 Å². The Morgan fingerprint density at radius 2 is 2.47 bits per heavy atom. The molecule has 0 radical (unpaired) electrons. The number of aliphatic carboxylic acids is 1. The van der Waals surface area contributed by atoms with Crippen LogP contribution < -0.4 is 0 Å². The average molecular weight is 251 g/mol. The SMILES string of the molecule is C=C(CC)CN1CCc2sccc2C1C(=O)O. The van der Waals surface area contributed by atoms with Gasteiger partial charge in [-0.3, -0.25) is 9.69 Å². The predicted octanol–water partition coefficient (Wildman–Crippen LogP) is 2.70. The molecule has 1 aliphatic rings. The van der Waals surface area contributed by atoms with Gasteiger partial charge in [0.25, 0.3) is 0 Å². The summed E-state index contributed by atoms with van der Waals surface area (Å²) >= 11 is 1.66. The monoisotopic (exact) mass is 251 g/mol. The van der Waals surface area contributed by atoms with Crippen LogP contribution >= 0.6 is 11.3 Å². The predicted molar refractivity (Wildman–Crippen MR) is 69.4 cm³/mol. The lowest BCUT2D eigenvalue weighted by atomic mass is 9.99. The number of hydrogen-bond acceptors (Lipinski definition) is 3. The first-order valence-corrected chi connectivity index (χ1v) is 6.71. The van der Waals surface area contributed by atoms with Crippen molar-refractivity contribution in [2.75, 3.05) is 13.1 Å². The van der Waals surface area contributed by atoms with Gasteiger partial charge in [0.1, 0.15) is 6.04 Å². The second kappa shape index (κ2) is 5.02. The molecule has 0 aromatic carbocycles. The third-order valence-corrected chi connectivity index (χ3v) is 4.22. The molecule has 1 unspecified atom stereocenters. The number of hydrogen-bond donors (Lipinski definition) is 1. The number of nitrogens with zero attached hydrogens (tertiary/aromatic N) is 1. The van der Waals surface area contributed by atoms with Gasteiger partial charge in [-0.1, -0.05) is 19.1 Å². The van der Waals surface area contributed by atoms with Crippen molar-refractivity contribution in [1.82, 2.24) is 4.90 Å². The van der Waals surface area contributed by atoms with E-state index in [1.165, 1.54) is 4.88 Å². The highest BCUT2D eigenvalue weighted by Gasteiger charge is 2.33. The Hall–Kier alpha value is -1.13. The van der Waals surface area contributed by atoms with E-state index >= 15 is 0 Å². The van der Waals surface area contributed by atoms with Crippen molar-refractivity contribution in [3.05, 3.63) is 34.0 Å². The van der Waals surface area contributed by atoms with E-state index in [0.717, 1.165) is 30.5 Å². The van der Waals surface area contributed by atoms with Gasteiger partial charge in [0.2, 0.25) is 0 Å². The van der Waals surface area contributed by atoms with Crippen LogP contribution in [0, 0.1) is 0 Å². The Balaban J connectivity index is 2.24. The summed E-state index contributed by atoms with van der Waals surface area (Å²) in [5, 5.41) is 11.4. The van der Waals surface area contributed by atoms with Crippen molar-refractivity contribution in [2.45, 2.75) is 25.8 Å². The zero-order valence-electron chi connectivity index (χ0n) is 9.98. The molecule has 0 fully saturated rings. The number of fused-ring (bicyclic) bond motifs is 1. The van der Waals surface area contributed by atoms with Crippen LogP contribution in [0.2, 0.25) is 0 Å². The minimum absolute atomic E-state index is 0.492. The third-order valence-electron chi connectivity index (χ3n) is 3.23. The van der Waals surface area contributed by atoms with E-state index in [4.69, 9.17) is 0 Å². The molecule has 1 aromatic rings. The zero-order chi connectivity index (χ0) is 12.4. The lowest BCUT2D eigenvalue weighted by Crippen LogP contribution is -2.40. The van der Waals surface area contributed by atoms with Crippen molar-refractivity contribution in [1.29, 1.82) is 0 Å². The maximum absolute atomic E-state index is 11.4. The molecular weight excluding hydrogens is 234 g/mol. The normalized spacial score (nSPS) is 19.9. The van der Waals surface area contributed by atoms with E-state index in [2.05, 4.69) is 13.5 Å². The zero-order valence-corrected chi connectivity index (χ0v) is 10.8. The van der Waals surface area contributed by atoms with E-state index in [-0.39, 0.29) is 0 Å². The smallest absolute Gasteiger partial charge is 0.325 e. The molecule has 0 saturated carbocycles. The molecule has 0 saturated heterocycles. The molecule has 0 amide bonds. The van der Waals surface area contributed by atoms with Crippen LogP contribution in [0.15, 0.2) is 23.6 Å². The Kier molecular flexibility index (Phi) is 3.64. The Morgan fingerprint density at radius 3 is 3.12 bits per heavy atom. The Morgan fingerprint density at radius 1 is 1.71 bits per heavy atom. The molecule has 92 valence electrons. The summed E-state index contributed by atoms with van der Waals surface area (Å²) in [6, 6.07) is 1.45. The van der Waals surface area contributed by atoms with Gasteiger partial charge >= 0.3 is 5.97 Å². The van der Waals surface area contributed by atoms with Gasteiger partial charge in [-0.25, -0.2) is 0 Å². The van der Waals surface area contributed by atoms with Crippen molar-refractivity contribution in [3.63, 3.8) is 0 Å². The molecular formula is C13H17NO2S. The summed E-state index contributed by atoms with van der Waals surface area (Å²) < 4.78 is 0. The largest absolute Gasteiger partial charge is 0.480 e. The molecule has 0 bridgehead atoms.